The van der Waals surface area contributed by atoms with E-state index in [1.54, 1.807) is 24.3 Å². The lowest BCUT2D eigenvalue weighted by Crippen LogP contribution is -2.62. The first-order valence-electron chi connectivity index (χ1n) is 11.2. The van der Waals surface area contributed by atoms with E-state index in [4.69, 9.17) is 14.0 Å². The summed E-state index contributed by atoms with van der Waals surface area (Å²) in [7, 11) is -2.21. The lowest BCUT2D eigenvalue weighted by Gasteiger charge is -2.46. The van der Waals surface area contributed by atoms with Gasteiger partial charge in [0, 0.05) is 35.3 Å². The zero-order chi connectivity index (χ0) is 25.4. The van der Waals surface area contributed by atoms with Crippen molar-refractivity contribution in [2.75, 3.05) is 31.7 Å². The van der Waals surface area contributed by atoms with Crippen molar-refractivity contribution in [2.24, 2.45) is 0 Å². The van der Waals surface area contributed by atoms with Gasteiger partial charge >= 0.3 is 0 Å². The lowest BCUT2D eigenvalue weighted by molar-refractivity contribution is -0.134. The van der Waals surface area contributed by atoms with E-state index in [2.05, 4.69) is 21.1 Å². The zero-order valence-electron chi connectivity index (χ0n) is 19.3. The molecule has 2 fully saturated rings. The molecule has 0 radical (unpaired) electrons. The summed E-state index contributed by atoms with van der Waals surface area (Å²) in [5.74, 6) is -0.809. The minimum atomic E-state index is -3.67. The Balaban J connectivity index is 1.43. The Morgan fingerprint density at radius 3 is 2.81 bits per heavy atom. The van der Waals surface area contributed by atoms with Gasteiger partial charge in [-0.15, -0.1) is 0 Å². The lowest BCUT2D eigenvalue weighted by atomic mass is 9.97. The molecule has 0 aliphatic carbocycles. The average Bonchev–Trinajstić information content (AvgIpc) is 3.36. The maximum absolute atomic E-state index is 15.3. The maximum atomic E-state index is 15.3. The predicted octanol–water partition coefficient (Wildman–Crippen LogP) is 3.59. The third kappa shape index (κ3) is 4.77. The van der Waals surface area contributed by atoms with Crippen LogP contribution >= 0.6 is 15.9 Å². The zero-order valence-corrected chi connectivity index (χ0v) is 21.7. The number of hydrogen-bond acceptors (Lipinski definition) is 7. The molecule has 0 unspecified atom stereocenters. The monoisotopic (exact) mass is 579 g/mol. The molecule has 2 aliphatic rings. The third-order valence-electron chi connectivity index (χ3n) is 6.39. The van der Waals surface area contributed by atoms with E-state index < -0.39 is 28.0 Å². The summed E-state index contributed by atoms with van der Waals surface area (Å²) in [6.07, 6.45) is 1.05. The van der Waals surface area contributed by atoms with Gasteiger partial charge in [0.15, 0.2) is 0 Å². The Kier molecular flexibility index (Phi) is 6.86. The number of carbonyl (C=O) groups is 1. The number of aromatic nitrogens is 1. The van der Waals surface area contributed by atoms with Crippen molar-refractivity contribution >= 4 is 37.5 Å². The van der Waals surface area contributed by atoms with Crippen molar-refractivity contribution in [3.63, 3.8) is 0 Å². The number of nitrogens with zero attached hydrogens (tertiary/aromatic N) is 3. The van der Waals surface area contributed by atoms with Crippen LogP contribution in [0.1, 0.15) is 12.1 Å². The van der Waals surface area contributed by atoms with Gasteiger partial charge in [-0.25, -0.2) is 12.8 Å². The molecule has 3 aromatic rings. The number of ether oxygens (including phenoxy) is 2. The molecule has 0 N–H and O–H groups in total. The SMILES string of the molecule is COc1cc(-c2cccc(Br)c2)c(F)cc1N1C(=O)CO[C@@H]2CN(S(=O)(=O)Cc3ccon3)CC[C@H]21. The number of rotatable bonds is 6. The second-order valence-electron chi connectivity index (χ2n) is 8.59. The smallest absolute Gasteiger partial charge is 0.253 e. The number of halogens is 2. The number of sulfonamides is 1. The van der Waals surface area contributed by atoms with E-state index in [9.17, 15) is 13.2 Å². The normalized spacial score (nSPS) is 20.9. The van der Waals surface area contributed by atoms with Crippen molar-refractivity contribution in [1.82, 2.24) is 9.46 Å². The molecule has 2 aromatic carbocycles. The number of methoxy groups -OCH3 is 1. The van der Waals surface area contributed by atoms with Crippen LogP contribution in [0, 0.1) is 5.82 Å². The highest BCUT2D eigenvalue weighted by Gasteiger charge is 2.44. The minimum absolute atomic E-state index is 0.0650. The molecule has 0 bridgehead atoms. The van der Waals surface area contributed by atoms with E-state index in [1.807, 2.05) is 6.07 Å². The van der Waals surface area contributed by atoms with Gasteiger partial charge in [-0.3, -0.25) is 4.79 Å². The van der Waals surface area contributed by atoms with Crippen LogP contribution in [0.3, 0.4) is 0 Å². The van der Waals surface area contributed by atoms with Gasteiger partial charge in [0.1, 0.15) is 30.2 Å². The molecular weight excluding hydrogens is 557 g/mol. The molecule has 190 valence electrons. The molecule has 2 saturated heterocycles. The summed E-state index contributed by atoms with van der Waals surface area (Å²) < 4.78 is 59.4. The Morgan fingerprint density at radius 2 is 2.08 bits per heavy atom. The number of fused-ring (bicyclic) bond motifs is 1. The molecule has 1 amide bonds. The van der Waals surface area contributed by atoms with Crippen LogP contribution in [0.25, 0.3) is 11.1 Å². The van der Waals surface area contributed by atoms with Crippen LogP contribution in [0.4, 0.5) is 10.1 Å². The maximum Gasteiger partial charge on any atom is 0.253 e. The summed E-state index contributed by atoms with van der Waals surface area (Å²) in [6, 6.07) is 11.1. The largest absolute Gasteiger partial charge is 0.495 e. The van der Waals surface area contributed by atoms with Crippen LogP contribution in [0.5, 0.6) is 5.75 Å². The summed E-state index contributed by atoms with van der Waals surface area (Å²) >= 11 is 3.40. The topological polar surface area (TPSA) is 102 Å². The van der Waals surface area contributed by atoms with Crippen molar-refractivity contribution in [1.29, 1.82) is 0 Å². The number of piperidine rings is 1. The molecule has 1 aromatic heterocycles. The first kappa shape index (κ1) is 24.9. The van der Waals surface area contributed by atoms with E-state index in [1.165, 1.54) is 34.7 Å². The van der Waals surface area contributed by atoms with Gasteiger partial charge in [-0.2, -0.15) is 4.31 Å². The Morgan fingerprint density at radius 1 is 1.25 bits per heavy atom. The summed E-state index contributed by atoms with van der Waals surface area (Å²) in [5, 5.41) is 3.68. The fourth-order valence-corrected chi connectivity index (χ4v) is 6.56. The number of hydrogen-bond donors (Lipinski definition) is 0. The number of amides is 1. The predicted molar refractivity (Wildman–Crippen MR) is 132 cm³/mol. The molecule has 5 rings (SSSR count). The van der Waals surface area contributed by atoms with E-state index >= 15 is 4.39 Å². The van der Waals surface area contributed by atoms with Crippen LogP contribution in [-0.2, 0) is 25.3 Å². The first-order valence-corrected chi connectivity index (χ1v) is 13.6. The van der Waals surface area contributed by atoms with Gasteiger partial charge in [0.25, 0.3) is 5.91 Å². The highest BCUT2D eigenvalue weighted by Crippen LogP contribution is 2.40. The second-order valence-corrected chi connectivity index (χ2v) is 11.5. The minimum Gasteiger partial charge on any atom is -0.495 e. The van der Waals surface area contributed by atoms with Gasteiger partial charge in [0.05, 0.1) is 30.6 Å². The number of benzene rings is 2. The fourth-order valence-electron chi connectivity index (χ4n) is 4.70. The van der Waals surface area contributed by atoms with Crippen LogP contribution in [0.15, 0.2) is 57.7 Å². The van der Waals surface area contributed by atoms with Crippen molar-refractivity contribution < 1.29 is 31.6 Å². The molecule has 3 heterocycles. The molecule has 9 nitrogen and oxygen atoms in total. The third-order valence-corrected chi connectivity index (χ3v) is 8.66. The molecular formula is C24H23BrFN3O6S. The second kappa shape index (κ2) is 9.92. The molecule has 2 atom stereocenters. The standard InChI is InChI=1S/C24H23BrFN3O6S/c1-33-22-10-18(15-3-2-4-16(25)9-15)19(26)11-21(22)29-20-5-7-28(12-23(20)34-13-24(29)30)36(31,32)14-17-6-8-35-27-17/h2-4,6,8-11,20,23H,5,7,12-14H2,1H3/t20-,23-/m1/s1. The number of morpholine rings is 1. The highest BCUT2D eigenvalue weighted by atomic mass is 79.9. The summed E-state index contributed by atoms with van der Waals surface area (Å²) in [4.78, 5) is 14.5. The molecule has 12 heteroatoms. The van der Waals surface area contributed by atoms with Crippen molar-refractivity contribution in [3.05, 3.63) is 64.7 Å². The van der Waals surface area contributed by atoms with E-state index in [-0.39, 0.29) is 37.0 Å². The molecule has 0 saturated carbocycles. The van der Waals surface area contributed by atoms with Crippen molar-refractivity contribution in [3.8, 4) is 16.9 Å². The van der Waals surface area contributed by atoms with Gasteiger partial charge in [0.2, 0.25) is 10.0 Å². The van der Waals surface area contributed by atoms with Crippen LogP contribution < -0.4 is 9.64 Å². The van der Waals surface area contributed by atoms with Gasteiger partial charge in [-0.1, -0.05) is 33.2 Å². The highest BCUT2D eigenvalue weighted by molar-refractivity contribution is 9.10. The van der Waals surface area contributed by atoms with E-state index in [0.717, 1.165) is 4.47 Å². The number of anilines is 1. The Bertz CT molecular complexity index is 1380. The molecule has 0 spiro atoms. The van der Waals surface area contributed by atoms with Gasteiger partial charge < -0.3 is 18.9 Å². The van der Waals surface area contributed by atoms with Crippen LogP contribution in [-0.4, -0.2) is 62.7 Å². The van der Waals surface area contributed by atoms with E-state index in [0.29, 0.717) is 29.0 Å². The fraction of sp³-hybridized carbons (Fsp3) is 0.333. The molecule has 36 heavy (non-hydrogen) atoms. The van der Waals surface area contributed by atoms with Crippen LogP contribution in [0.2, 0.25) is 0 Å². The quantitative estimate of drug-likeness (QED) is 0.439. The van der Waals surface area contributed by atoms with Gasteiger partial charge in [-0.05, 0) is 30.2 Å². The van der Waals surface area contributed by atoms with Crippen molar-refractivity contribution in [2.45, 2.75) is 24.3 Å². The molecule has 2 aliphatic heterocycles. The summed E-state index contributed by atoms with van der Waals surface area (Å²) in [5.41, 5.74) is 1.59. The number of carbonyl (C=O) groups excluding carboxylic acids is 1. The average molecular weight is 580 g/mol. The summed E-state index contributed by atoms with van der Waals surface area (Å²) in [6.45, 7) is -0.0124. The Labute approximate surface area is 215 Å². The first-order chi connectivity index (χ1) is 17.3. The Hall–Kier alpha value is -2.80.